The number of anilines is 1. The fourth-order valence-electron chi connectivity index (χ4n) is 3.39. The van der Waals surface area contributed by atoms with Crippen molar-refractivity contribution >= 4 is 11.7 Å². The van der Waals surface area contributed by atoms with E-state index in [0.717, 1.165) is 30.0 Å². The molecule has 1 aliphatic carbocycles. The zero-order valence-electron chi connectivity index (χ0n) is 15.6. The molecule has 1 fully saturated rings. The molecule has 26 heavy (non-hydrogen) atoms. The van der Waals surface area contributed by atoms with Crippen LogP contribution in [0.2, 0.25) is 0 Å². The molecule has 0 saturated heterocycles. The van der Waals surface area contributed by atoms with Crippen LogP contribution in [-0.4, -0.2) is 47.3 Å². The Morgan fingerprint density at radius 2 is 2.08 bits per heavy atom. The van der Waals surface area contributed by atoms with Gasteiger partial charge in [0.1, 0.15) is 18.2 Å². The molecule has 0 atom stereocenters. The number of carbonyl (C=O) groups is 1. The van der Waals surface area contributed by atoms with Gasteiger partial charge in [-0.1, -0.05) is 31.0 Å². The second-order valence-corrected chi connectivity index (χ2v) is 7.00. The van der Waals surface area contributed by atoms with Crippen LogP contribution >= 0.6 is 0 Å². The number of aromatic nitrogens is 2. The first kappa shape index (κ1) is 18.5. The van der Waals surface area contributed by atoms with Crippen molar-refractivity contribution in [3.63, 3.8) is 0 Å². The first-order valence-corrected chi connectivity index (χ1v) is 9.34. The molecule has 1 N–H and O–H groups in total. The van der Waals surface area contributed by atoms with Crippen molar-refractivity contribution in [1.29, 1.82) is 0 Å². The summed E-state index contributed by atoms with van der Waals surface area (Å²) in [4.78, 5) is 14.3. The van der Waals surface area contributed by atoms with Crippen LogP contribution < -0.4 is 10.1 Å². The second-order valence-electron chi connectivity index (χ2n) is 7.00. The van der Waals surface area contributed by atoms with E-state index >= 15 is 0 Å². The zero-order valence-corrected chi connectivity index (χ0v) is 15.6. The Bertz CT molecular complexity index is 722. The predicted molar refractivity (Wildman–Crippen MR) is 103 cm³/mol. The van der Waals surface area contributed by atoms with Crippen LogP contribution in [0.3, 0.4) is 0 Å². The van der Waals surface area contributed by atoms with E-state index in [9.17, 15) is 4.79 Å². The highest BCUT2D eigenvalue weighted by atomic mass is 16.5. The van der Waals surface area contributed by atoms with E-state index in [0.29, 0.717) is 25.7 Å². The van der Waals surface area contributed by atoms with Gasteiger partial charge >= 0.3 is 0 Å². The van der Waals surface area contributed by atoms with Crippen molar-refractivity contribution in [2.45, 2.75) is 38.6 Å². The summed E-state index contributed by atoms with van der Waals surface area (Å²) in [5.74, 6) is 1.67. The molecule has 1 heterocycles. The number of aryl methyl sites for hydroxylation is 1. The van der Waals surface area contributed by atoms with Crippen LogP contribution in [0.25, 0.3) is 0 Å². The van der Waals surface area contributed by atoms with Crippen molar-refractivity contribution < 1.29 is 9.53 Å². The number of carbonyl (C=O) groups excluding carboxylic acids is 1. The number of ether oxygens (including phenoxy) is 1. The molecular formula is C20H28N4O2. The van der Waals surface area contributed by atoms with E-state index in [2.05, 4.69) is 10.4 Å². The van der Waals surface area contributed by atoms with Gasteiger partial charge in [0.2, 0.25) is 5.91 Å². The Morgan fingerprint density at radius 3 is 2.85 bits per heavy atom. The van der Waals surface area contributed by atoms with Gasteiger partial charge in [-0.25, -0.2) is 4.68 Å². The lowest BCUT2D eigenvalue weighted by molar-refractivity contribution is -0.117. The topological polar surface area (TPSA) is 59.4 Å². The predicted octanol–water partition coefficient (Wildman–Crippen LogP) is 3.26. The van der Waals surface area contributed by atoms with Gasteiger partial charge in [-0.05, 0) is 38.4 Å². The van der Waals surface area contributed by atoms with Gasteiger partial charge in [0.05, 0.1) is 18.8 Å². The zero-order chi connectivity index (χ0) is 18.4. The monoisotopic (exact) mass is 356 g/mol. The molecular weight excluding hydrogens is 328 g/mol. The molecule has 1 aromatic carbocycles. The number of amides is 1. The minimum Gasteiger partial charge on any atom is -0.492 e. The summed E-state index contributed by atoms with van der Waals surface area (Å²) in [7, 11) is 1.93. The average Bonchev–Trinajstić information content (AvgIpc) is 3.27. The third kappa shape index (κ3) is 4.85. The van der Waals surface area contributed by atoms with Gasteiger partial charge in [-0.15, -0.1) is 0 Å². The van der Waals surface area contributed by atoms with E-state index in [4.69, 9.17) is 4.74 Å². The highest BCUT2D eigenvalue weighted by Crippen LogP contribution is 2.31. The van der Waals surface area contributed by atoms with Gasteiger partial charge in [0.25, 0.3) is 0 Å². The Kier molecular flexibility index (Phi) is 6.28. The van der Waals surface area contributed by atoms with Crippen LogP contribution in [0, 0.1) is 6.92 Å². The van der Waals surface area contributed by atoms with Crippen molar-refractivity contribution in [1.82, 2.24) is 14.7 Å². The summed E-state index contributed by atoms with van der Waals surface area (Å²) in [5.41, 5.74) is 1.12. The standard InChI is InChI=1S/C20H28N4O2/c1-16-7-3-6-10-18(16)26-14-13-23(2)15-20(25)22-19-11-12-21-24(19)17-8-4-5-9-17/h3,6-7,10-12,17H,4-5,8-9,13-15H2,1-2H3,(H,22,25). The normalized spacial score (nSPS) is 14.7. The fourth-order valence-corrected chi connectivity index (χ4v) is 3.39. The van der Waals surface area contributed by atoms with Crippen LogP contribution in [0.5, 0.6) is 5.75 Å². The number of likely N-dealkylation sites (N-methyl/N-ethyl adjacent to an activating group) is 1. The van der Waals surface area contributed by atoms with Gasteiger partial charge < -0.3 is 10.1 Å². The first-order valence-electron chi connectivity index (χ1n) is 9.34. The number of rotatable bonds is 8. The summed E-state index contributed by atoms with van der Waals surface area (Å²) in [6.45, 7) is 3.59. The average molecular weight is 356 g/mol. The Morgan fingerprint density at radius 1 is 1.31 bits per heavy atom. The van der Waals surface area contributed by atoms with E-state index in [1.54, 1.807) is 6.20 Å². The molecule has 1 saturated carbocycles. The lowest BCUT2D eigenvalue weighted by Gasteiger charge is -2.18. The Hall–Kier alpha value is -2.34. The number of para-hydroxylation sites is 1. The number of benzene rings is 1. The second kappa shape index (κ2) is 8.85. The van der Waals surface area contributed by atoms with Gasteiger partial charge in [-0.2, -0.15) is 5.10 Å². The molecule has 0 aliphatic heterocycles. The summed E-state index contributed by atoms with van der Waals surface area (Å²) in [5, 5.41) is 7.38. The van der Waals surface area contributed by atoms with Crippen molar-refractivity contribution in [2.75, 3.05) is 32.1 Å². The SMILES string of the molecule is Cc1ccccc1OCCN(C)CC(=O)Nc1ccnn1C1CCCC1. The van der Waals surface area contributed by atoms with Crippen molar-refractivity contribution in [3.8, 4) is 5.75 Å². The largest absolute Gasteiger partial charge is 0.492 e. The Balaban J connectivity index is 1.43. The molecule has 6 heteroatoms. The molecule has 2 aromatic rings. The summed E-state index contributed by atoms with van der Waals surface area (Å²) >= 11 is 0. The highest BCUT2D eigenvalue weighted by molar-refractivity contribution is 5.91. The maximum absolute atomic E-state index is 12.3. The summed E-state index contributed by atoms with van der Waals surface area (Å²) in [6.07, 6.45) is 6.51. The smallest absolute Gasteiger partial charge is 0.239 e. The molecule has 0 unspecified atom stereocenters. The van der Waals surface area contributed by atoms with E-state index in [1.807, 2.05) is 53.9 Å². The molecule has 1 aliphatic rings. The molecule has 140 valence electrons. The number of hydrogen-bond donors (Lipinski definition) is 1. The number of nitrogens with one attached hydrogen (secondary N) is 1. The van der Waals surface area contributed by atoms with Crippen LogP contribution in [-0.2, 0) is 4.79 Å². The number of nitrogens with zero attached hydrogens (tertiary/aromatic N) is 3. The Labute approximate surface area is 155 Å². The highest BCUT2D eigenvalue weighted by Gasteiger charge is 2.20. The molecule has 0 spiro atoms. The molecule has 3 rings (SSSR count). The first-order chi connectivity index (χ1) is 12.6. The lowest BCUT2D eigenvalue weighted by Crippen LogP contribution is -2.33. The maximum atomic E-state index is 12.3. The van der Waals surface area contributed by atoms with Gasteiger partial charge in [0.15, 0.2) is 0 Å². The quantitative estimate of drug-likeness (QED) is 0.789. The molecule has 0 radical (unpaired) electrons. The van der Waals surface area contributed by atoms with E-state index in [1.165, 1.54) is 12.8 Å². The van der Waals surface area contributed by atoms with Gasteiger partial charge in [0, 0.05) is 12.6 Å². The van der Waals surface area contributed by atoms with Crippen molar-refractivity contribution in [3.05, 3.63) is 42.1 Å². The maximum Gasteiger partial charge on any atom is 0.239 e. The van der Waals surface area contributed by atoms with E-state index < -0.39 is 0 Å². The minimum absolute atomic E-state index is 0.0249. The fraction of sp³-hybridized carbons (Fsp3) is 0.500. The molecule has 1 amide bonds. The third-order valence-corrected chi connectivity index (χ3v) is 4.85. The number of hydrogen-bond acceptors (Lipinski definition) is 4. The lowest BCUT2D eigenvalue weighted by atomic mass is 10.2. The minimum atomic E-state index is -0.0249. The molecule has 6 nitrogen and oxygen atoms in total. The molecule has 0 bridgehead atoms. The van der Waals surface area contributed by atoms with E-state index in [-0.39, 0.29) is 5.91 Å². The van der Waals surface area contributed by atoms with Gasteiger partial charge in [-0.3, -0.25) is 9.69 Å². The van der Waals surface area contributed by atoms with Crippen LogP contribution in [0.15, 0.2) is 36.5 Å². The molecule has 1 aromatic heterocycles. The summed E-state index contributed by atoms with van der Waals surface area (Å²) < 4.78 is 7.76. The van der Waals surface area contributed by atoms with Crippen LogP contribution in [0.4, 0.5) is 5.82 Å². The third-order valence-electron chi connectivity index (χ3n) is 4.85. The summed E-state index contributed by atoms with van der Waals surface area (Å²) in [6, 6.07) is 10.2. The van der Waals surface area contributed by atoms with Crippen molar-refractivity contribution in [2.24, 2.45) is 0 Å². The van der Waals surface area contributed by atoms with Crippen LogP contribution in [0.1, 0.15) is 37.3 Å².